The molecule has 1 aliphatic heterocycles. The molecule has 7 heteroatoms. The molecule has 0 saturated carbocycles. The van der Waals surface area contributed by atoms with E-state index >= 15 is 0 Å². The van der Waals surface area contributed by atoms with Gasteiger partial charge < -0.3 is 5.32 Å². The Bertz CT molecular complexity index is 857. The Labute approximate surface area is 152 Å². The average Bonchev–Trinajstić information content (AvgIpc) is 3.04. The van der Waals surface area contributed by atoms with Crippen molar-refractivity contribution in [3.8, 4) is 0 Å². The summed E-state index contributed by atoms with van der Waals surface area (Å²) in [5.74, 6) is -0.447. The van der Waals surface area contributed by atoms with Gasteiger partial charge in [0, 0.05) is 23.7 Å². The Hall–Kier alpha value is -1.70. The van der Waals surface area contributed by atoms with E-state index in [9.17, 15) is 13.2 Å². The van der Waals surface area contributed by atoms with Gasteiger partial charge in [0.1, 0.15) is 4.21 Å². The maximum Gasteiger partial charge on any atom is 0.252 e. The number of thiophene rings is 1. The molecule has 2 heterocycles. The summed E-state index contributed by atoms with van der Waals surface area (Å²) in [5.41, 5.74) is 1.86. The molecule has 5 nitrogen and oxygen atoms in total. The summed E-state index contributed by atoms with van der Waals surface area (Å²) >= 11 is 1.27. The van der Waals surface area contributed by atoms with Crippen LogP contribution in [-0.4, -0.2) is 31.7 Å². The Balaban J connectivity index is 1.70. The van der Waals surface area contributed by atoms with E-state index < -0.39 is 10.0 Å². The number of carbonyl (C=O) groups excluding carboxylic acids is 1. The number of piperidine rings is 1. The first-order valence-corrected chi connectivity index (χ1v) is 10.6. The minimum Gasteiger partial charge on any atom is -0.326 e. The third-order valence-electron chi connectivity index (χ3n) is 4.38. The Morgan fingerprint density at radius 3 is 2.52 bits per heavy atom. The fraction of sp³-hybridized carbons (Fsp3) is 0.389. The quantitative estimate of drug-likeness (QED) is 0.887. The van der Waals surface area contributed by atoms with Crippen LogP contribution in [0.2, 0.25) is 0 Å². The SMILES string of the molecule is Cc1ccc(NC(=O)C2CCCN(S(=O)(=O)c3ccc(C)s3)C2)cc1. The van der Waals surface area contributed by atoms with E-state index in [0.717, 1.165) is 16.1 Å². The molecule has 1 atom stereocenters. The van der Waals surface area contributed by atoms with Gasteiger partial charge in [-0.25, -0.2) is 8.42 Å². The highest BCUT2D eigenvalue weighted by Crippen LogP contribution is 2.28. The molecule has 1 saturated heterocycles. The van der Waals surface area contributed by atoms with E-state index in [1.807, 2.05) is 44.2 Å². The van der Waals surface area contributed by atoms with Gasteiger partial charge in [0.05, 0.1) is 5.92 Å². The van der Waals surface area contributed by atoms with Gasteiger partial charge in [0.15, 0.2) is 0 Å². The van der Waals surface area contributed by atoms with Crippen LogP contribution in [0.5, 0.6) is 0 Å². The monoisotopic (exact) mass is 378 g/mol. The van der Waals surface area contributed by atoms with Gasteiger partial charge in [-0.3, -0.25) is 4.79 Å². The summed E-state index contributed by atoms with van der Waals surface area (Å²) in [5, 5.41) is 2.90. The maximum absolute atomic E-state index is 12.8. The molecule has 1 aliphatic rings. The van der Waals surface area contributed by atoms with Gasteiger partial charge in [-0.05, 0) is 51.0 Å². The molecule has 134 valence electrons. The number of rotatable bonds is 4. The van der Waals surface area contributed by atoms with Gasteiger partial charge in [-0.2, -0.15) is 4.31 Å². The number of sulfonamides is 1. The van der Waals surface area contributed by atoms with Gasteiger partial charge in [0.2, 0.25) is 5.91 Å². The number of hydrogen-bond acceptors (Lipinski definition) is 4. The van der Waals surface area contributed by atoms with E-state index in [2.05, 4.69) is 5.32 Å². The normalized spacial score (nSPS) is 18.9. The Morgan fingerprint density at radius 2 is 1.88 bits per heavy atom. The fourth-order valence-electron chi connectivity index (χ4n) is 2.93. The zero-order valence-corrected chi connectivity index (χ0v) is 16.0. The summed E-state index contributed by atoms with van der Waals surface area (Å²) in [6.45, 7) is 4.57. The van der Waals surface area contributed by atoms with Crippen LogP contribution in [0.1, 0.15) is 23.3 Å². The minimum absolute atomic E-state index is 0.119. The lowest BCUT2D eigenvalue weighted by molar-refractivity contribution is -0.120. The van der Waals surface area contributed by atoms with Crippen molar-refractivity contribution >= 4 is 33.0 Å². The van der Waals surface area contributed by atoms with Crippen LogP contribution >= 0.6 is 11.3 Å². The van der Waals surface area contributed by atoms with Gasteiger partial charge >= 0.3 is 0 Å². The molecular formula is C18H22N2O3S2. The molecular weight excluding hydrogens is 356 g/mol. The lowest BCUT2D eigenvalue weighted by Crippen LogP contribution is -2.43. The average molecular weight is 379 g/mol. The van der Waals surface area contributed by atoms with E-state index in [-0.39, 0.29) is 18.4 Å². The zero-order chi connectivity index (χ0) is 18.0. The highest BCUT2D eigenvalue weighted by molar-refractivity contribution is 7.91. The first-order valence-electron chi connectivity index (χ1n) is 8.30. The molecule has 1 unspecified atom stereocenters. The molecule has 1 amide bonds. The van der Waals surface area contributed by atoms with Crippen molar-refractivity contribution in [2.45, 2.75) is 30.9 Å². The first kappa shape index (κ1) is 18.1. The minimum atomic E-state index is -3.51. The number of nitrogens with one attached hydrogen (secondary N) is 1. The van der Waals surface area contributed by atoms with Crippen LogP contribution in [0, 0.1) is 19.8 Å². The molecule has 1 N–H and O–H groups in total. The van der Waals surface area contributed by atoms with Crippen LogP contribution in [0.25, 0.3) is 0 Å². The van der Waals surface area contributed by atoms with E-state index in [4.69, 9.17) is 0 Å². The summed E-state index contributed by atoms with van der Waals surface area (Å²) in [6.07, 6.45) is 1.39. The topological polar surface area (TPSA) is 66.5 Å². The second-order valence-electron chi connectivity index (χ2n) is 6.42. The molecule has 3 rings (SSSR count). The Kier molecular flexibility index (Phi) is 5.27. The predicted molar refractivity (Wildman–Crippen MR) is 100 cm³/mol. The summed E-state index contributed by atoms with van der Waals surface area (Å²) in [7, 11) is -3.51. The molecule has 2 aromatic rings. The number of carbonyl (C=O) groups is 1. The molecule has 0 radical (unpaired) electrons. The highest BCUT2D eigenvalue weighted by Gasteiger charge is 2.34. The third kappa shape index (κ3) is 4.11. The van der Waals surface area contributed by atoms with Crippen molar-refractivity contribution in [1.82, 2.24) is 4.31 Å². The number of anilines is 1. The molecule has 25 heavy (non-hydrogen) atoms. The van der Waals surface area contributed by atoms with Gasteiger partial charge in [0.25, 0.3) is 10.0 Å². The van der Waals surface area contributed by atoms with Crippen molar-refractivity contribution in [2.75, 3.05) is 18.4 Å². The highest BCUT2D eigenvalue weighted by atomic mass is 32.2. The summed E-state index contributed by atoms with van der Waals surface area (Å²) < 4.78 is 27.3. The molecule has 1 aromatic carbocycles. The number of nitrogens with zero attached hydrogens (tertiary/aromatic N) is 1. The van der Waals surface area contributed by atoms with E-state index in [1.54, 1.807) is 6.07 Å². The Morgan fingerprint density at radius 1 is 1.16 bits per heavy atom. The first-order chi connectivity index (χ1) is 11.9. The molecule has 1 fully saturated rings. The fourth-order valence-corrected chi connectivity index (χ4v) is 5.90. The zero-order valence-electron chi connectivity index (χ0n) is 14.4. The van der Waals surface area contributed by atoms with Crippen molar-refractivity contribution < 1.29 is 13.2 Å². The smallest absolute Gasteiger partial charge is 0.252 e. The second kappa shape index (κ2) is 7.27. The van der Waals surface area contributed by atoms with Crippen molar-refractivity contribution in [3.63, 3.8) is 0 Å². The van der Waals surface area contributed by atoms with Crippen LogP contribution in [0.15, 0.2) is 40.6 Å². The van der Waals surface area contributed by atoms with Gasteiger partial charge in [-0.15, -0.1) is 11.3 Å². The second-order valence-corrected chi connectivity index (χ2v) is 9.88. The van der Waals surface area contributed by atoms with Crippen LogP contribution in [0.3, 0.4) is 0 Å². The summed E-state index contributed by atoms with van der Waals surface area (Å²) in [4.78, 5) is 13.5. The molecule has 0 aliphatic carbocycles. The van der Waals surface area contributed by atoms with Crippen molar-refractivity contribution in [3.05, 3.63) is 46.8 Å². The number of amides is 1. The lowest BCUT2D eigenvalue weighted by atomic mass is 9.98. The van der Waals surface area contributed by atoms with E-state index in [0.29, 0.717) is 23.6 Å². The van der Waals surface area contributed by atoms with Crippen LogP contribution in [0.4, 0.5) is 5.69 Å². The third-order valence-corrected chi connectivity index (χ3v) is 7.72. The van der Waals surface area contributed by atoms with E-state index in [1.165, 1.54) is 15.6 Å². The van der Waals surface area contributed by atoms with Crippen molar-refractivity contribution in [1.29, 1.82) is 0 Å². The molecule has 1 aromatic heterocycles. The predicted octanol–water partition coefficient (Wildman–Crippen LogP) is 3.40. The summed E-state index contributed by atoms with van der Waals surface area (Å²) in [6, 6.07) is 11.0. The standard InChI is InChI=1S/C18H22N2O3S2/c1-13-5-8-16(9-6-13)19-18(21)15-4-3-11-20(12-15)25(22,23)17-10-7-14(2)24-17/h5-10,15H,3-4,11-12H2,1-2H3,(H,19,21). The number of hydrogen-bond donors (Lipinski definition) is 1. The van der Waals surface area contributed by atoms with Crippen LogP contribution < -0.4 is 5.32 Å². The maximum atomic E-state index is 12.8. The number of benzene rings is 1. The number of aryl methyl sites for hydroxylation is 2. The largest absolute Gasteiger partial charge is 0.326 e. The lowest BCUT2D eigenvalue weighted by Gasteiger charge is -2.30. The molecule has 0 spiro atoms. The molecule has 0 bridgehead atoms. The van der Waals surface area contributed by atoms with Crippen LogP contribution in [-0.2, 0) is 14.8 Å². The van der Waals surface area contributed by atoms with Crippen molar-refractivity contribution in [2.24, 2.45) is 5.92 Å². The van der Waals surface area contributed by atoms with Gasteiger partial charge in [-0.1, -0.05) is 17.7 Å².